The van der Waals surface area contributed by atoms with E-state index >= 15 is 0 Å². The Morgan fingerprint density at radius 3 is 2.72 bits per heavy atom. The van der Waals surface area contributed by atoms with Gasteiger partial charge in [0.1, 0.15) is 0 Å². The third kappa shape index (κ3) is 2.81. The summed E-state index contributed by atoms with van der Waals surface area (Å²) >= 11 is 5.85. The molecule has 0 aliphatic carbocycles. The molecule has 1 saturated heterocycles. The van der Waals surface area contributed by atoms with Crippen LogP contribution in [0.4, 0.5) is 5.95 Å². The number of halogens is 1. The van der Waals surface area contributed by atoms with Crippen LogP contribution in [0, 0.1) is 0 Å². The van der Waals surface area contributed by atoms with Gasteiger partial charge < -0.3 is 14.4 Å². The van der Waals surface area contributed by atoms with E-state index in [0.717, 1.165) is 25.9 Å². The van der Waals surface area contributed by atoms with Crippen molar-refractivity contribution in [3.8, 4) is 6.01 Å². The van der Waals surface area contributed by atoms with Gasteiger partial charge in [-0.05, 0) is 31.4 Å². The standard InChI is InChI=1S/C11H17ClN4O2/c1-11(18-3)5-4-6-16(7-11)9-13-8(12)14-10(15-9)17-2/h4-7H2,1-3H3. The summed E-state index contributed by atoms with van der Waals surface area (Å²) in [5, 5.41) is 0.140. The highest BCUT2D eigenvalue weighted by Gasteiger charge is 2.32. The van der Waals surface area contributed by atoms with Gasteiger partial charge in [-0.3, -0.25) is 0 Å². The molecule has 100 valence electrons. The number of anilines is 1. The number of methoxy groups -OCH3 is 2. The third-order valence-corrected chi connectivity index (χ3v) is 3.36. The Morgan fingerprint density at radius 1 is 1.28 bits per heavy atom. The Bertz CT molecular complexity index is 432. The molecule has 0 bridgehead atoms. The molecule has 7 heteroatoms. The number of rotatable bonds is 3. The van der Waals surface area contributed by atoms with Crippen molar-refractivity contribution in [2.75, 3.05) is 32.2 Å². The van der Waals surface area contributed by atoms with Crippen LogP contribution >= 0.6 is 11.6 Å². The summed E-state index contributed by atoms with van der Waals surface area (Å²) in [5.74, 6) is 0.537. The van der Waals surface area contributed by atoms with Crippen LogP contribution in [0.3, 0.4) is 0 Å². The summed E-state index contributed by atoms with van der Waals surface area (Å²) in [6.07, 6.45) is 2.05. The molecule has 6 nitrogen and oxygen atoms in total. The van der Waals surface area contributed by atoms with Gasteiger partial charge in [-0.1, -0.05) is 0 Å². The highest BCUT2D eigenvalue weighted by molar-refractivity contribution is 6.28. The topological polar surface area (TPSA) is 60.4 Å². The summed E-state index contributed by atoms with van der Waals surface area (Å²) in [7, 11) is 3.23. The van der Waals surface area contributed by atoms with Crippen LogP contribution < -0.4 is 9.64 Å². The maximum absolute atomic E-state index is 5.85. The van der Waals surface area contributed by atoms with Gasteiger partial charge in [0.2, 0.25) is 11.2 Å². The van der Waals surface area contributed by atoms with Gasteiger partial charge in [0.25, 0.3) is 0 Å². The zero-order valence-electron chi connectivity index (χ0n) is 10.8. The first-order valence-electron chi connectivity index (χ1n) is 5.82. The summed E-state index contributed by atoms with van der Waals surface area (Å²) in [6, 6.07) is 0.231. The van der Waals surface area contributed by atoms with Gasteiger partial charge in [0.05, 0.1) is 12.7 Å². The quantitative estimate of drug-likeness (QED) is 0.832. The molecule has 1 unspecified atom stereocenters. The SMILES string of the molecule is COc1nc(Cl)nc(N2CCCC(C)(OC)C2)n1. The lowest BCUT2D eigenvalue weighted by Crippen LogP contribution is -2.48. The lowest BCUT2D eigenvalue weighted by molar-refractivity contribution is -0.00502. The second-order valence-corrected chi connectivity index (χ2v) is 4.91. The van der Waals surface area contributed by atoms with Crippen molar-refractivity contribution >= 4 is 17.5 Å². The predicted molar refractivity (Wildman–Crippen MR) is 68.3 cm³/mol. The maximum atomic E-state index is 5.85. The fourth-order valence-corrected chi connectivity index (χ4v) is 2.25. The van der Waals surface area contributed by atoms with Crippen molar-refractivity contribution in [1.29, 1.82) is 0 Å². The summed E-state index contributed by atoms with van der Waals surface area (Å²) in [6.45, 7) is 3.69. The van der Waals surface area contributed by atoms with E-state index in [2.05, 4.69) is 21.9 Å². The number of nitrogens with zero attached hydrogens (tertiary/aromatic N) is 4. The fraction of sp³-hybridized carbons (Fsp3) is 0.727. The van der Waals surface area contributed by atoms with Crippen LogP contribution in [0.25, 0.3) is 0 Å². The number of ether oxygens (including phenoxy) is 2. The molecule has 2 heterocycles. The Kier molecular flexibility index (Phi) is 3.87. The molecule has 1 aliphatic rings. The number of piperidine rings is 1. The Hall–Kier alpha value is -1.14. The van der Waals surface area contributed by atoms with E-state index in [-0.39, 0.29) is 16.9 Å². The lowest BCUT2D eigenvalue weighted by Gasteiger charge is -2.39. The van der Waals surface area contributed by atoms with Crippen molar-refractivity contribution in [3.63, 3.8) is 0 Å². The second kappa shape index (κ2) is 5.24. The Morgan fingerprint density at radius 2 is 2.06 bits per heavy atom. The molecule has 1 atom stereocenters. The molecule has 1 aliphatic heterocycles. The molecular weight excluding hydrogens is 256 g/mol. The zero-order valence-corrected chi connectivity index (χ0v) is 11.6. The summed E-state index contributed by atoms with van der Waals surface area (Å²) in [5.41, 5.74) is -0.176. The highest BCUT2D eigenvalue weighted by atomic mass is 35.5. The number of aromatic nitrogens is 3. The van der Waals surface area contributed by atoms with Crippen molar-refractivity contribution in [2.45, 2.75) is 25.4 Å². The smallest absolute Gasteiger partial charge is 0.322 e. The van der Waals surface area contributed by atoms with E-state index in [0.29, 0.717) is 5.95 Å². The lowest BCUT2D eigenvalue weighted by atomic mass is 9.95. The van der Waals surface area contributed by atoms with Crippen LogP contribution in [0.2, 0.25) is 5.28 Å². The molecule has 0 N–H and O–H groups in total. The molecule has 0 saturated carbocycles. The molecule has 0 spiro atoms. The fourth-order valence-electron chi connectivity index (χ4n) is 2.10. The van der Waals surface area contributed by atoms with Gasteiger partial charge >= 0.3 is 6.01 Å². The molecule has 0 amide bonds. The molecular formula is C11H17ClN4O2. The normalized spacial score (nSPS) is 24.1. The third-order valence-electron chi connectivity index (χ3n) is 3.19. The van der Waals surface area contributed by atoms with Crippen LogP contribution in [0.5, 0.6) is 6.01 Å². The molecule has 1 aromatic heterocycles. The van der Waals surface area contributed by atoms with Gasteiger partial charge in [0, 0.05) is 20.2 Å². The average molecular weight is 273 g/mol. The summed E-state index contributed by atoms with van der Waals surface area (Å²) < 4.78 is 10.5. The van der Waals surface area contributed by atoms with Gasteiger partial charge in [-0.2, -0.15) is 15.0 Å². The van der Waals surface area contributed by atoms with Gasteiger partial charge in [-0.15, -0.1) is 0 Å². The van der Waals surface area contributed by atoms with E-state index in [1.165, 1.54) is 7.11 Å². The molecule has 0 radical (unpaired) electrons. The first-order valence-corrected chi connectivity index (χ1v) is 6.20. The second-order valence-electron chi connectivity index (χ2n) is 4.57. The van der Waals surface area contributed by atoms with Crippen LogP contribution in [-0.4, -0.2) is 47.9 Å². The van der Waals surface area contributed by atoms with Crippen LogP contribution in [-0.2, 0) is 4.74 Å². The van der Waals surface area contributed by atoms with Crippen molar-refractivity contribution in [3.05, 3.63) is 5.28 Å². The number of hydrogen-bond acceptors (Lipinski definition) is 6. The van der Waals surface area contributed by atoms with Crippen molar-refractivity contribution in [2.24, 2.45) is 0 Å². The molecule has 1 aromatic rings. The molecule has 1 fully saturated rings. The molecule has 0 aromatic carbocycles. The minimum Gasteiger partial charge on any atom is -0.467 e. The van der Waals surface area contributed by atoms with Gasteiger partial charge in [0.15, 0.2) is 0 Å². The molecule has 18 heavy (non-hydrogen) atoms. The first kappa shape index (κ1) is 13.3. The first-order chi connectivity index (χ1) is 8.56. The average Bonchev–Trinajstić information content (AvgIpc) is 2.38. The monoisotopic (exact) mass is 272 g/mol. The minimum atomic E-state index is -0.176. The Balaban J connectivity index is 2.23. The van der Waals surface area contributed by atoms with E-state index in [9.17, 15) is 0 Å². The van der Waals surface area contributed by atoms with E-state index < -0.39 is 0 Å². The largest absolute Gasteiger partial charge is 0.467 e. The van der Waals surface area contributed by atoms with Crippen molar-refractivity contribution < 1.29 is 9.47 Å². The van der Waals surface area contributed by atoms with Gasteiger partial charge in [-0.25, -0.2) is 0 Å². The van der Waals surface area contributed by atoms with E-state index in [1.807, 2.05) is 4.90 Å². The zero-order chi connectivity index (χ0) is 13.2. The highest BCUT2D eigenvalue weighted by Crippen LogP contribution is 2.27. The van der Waals surface area contributed by atoms with Crippen LogP contribution in [0.1, 0.15) is 19.8 Å². The van der Waals surface area contributed by atoms with E-state index in [1.54, 1.807) is 7.11 Å². The minimum absolute atomic E-state index is 0.140. The predicted octanol–water partition coefficient (Wildman–Crippen LogP) is 1.54. The summed E-state index contributed by atoms with van der Waals surface area (Å²) in [4.78, 5) is 14.3. The van der Waals surface area contributed by atoms with Crippen LogP contribution in [0.15, 0.2) is 0 Å². The maximum Gasteiger partial charge on any atom is 0.322 e. The molecule has 2 rings (SSSR count). The Labute approximate surface area is 111 Å². The van der Waals surface area contributed by atoms with Crippen molar-refractivity contribution in [1.82, 2.24) is 15.0 Å². The van der Waals surface area contributed by atoms with E-state index in [4.69, 9.17) is 21.1 Å². The number of hydrogen-bond donors (Lipinski definition) is 0.